The Morgan fingerprint density at radius 1 is 1.20 bits per heavy atom. The van der Waals surface area contributed by atoms with Gasteiger partial charge in [-0.3, -0.25) is 4.79 Å². The standard InChI is InChI=1S/C15H11N3O2/c1-2-20-13(19)15(10-18)12(14(15,8-16)9-17)11-6-4-3-5-7-11/h3-7,12H,2H2,1H3/t12-,15+/m0/s1. The van der Waals surface area contributed by atoms with E-state index in [9.17, 15) is 20.6 Å². The van der Waals surface area contributed by atoms with Crippen LogP contribution in [0.5, 0.6) is 0 Å². The number of carbonyl (C=O) groups is 1. The lowest BCUT2D eigenvalue weighted by Crippen LogP contribution is -2.24. The second-order valence-corrected chi connectivity index (χ2v) is 4.52. The molecule has 0 saturated heterocycles. The second-order valence-electron chi connectivity index (χ2n) is 4.52. The zero-order chi connectivity index (χ0) is 14.8. The summed E-state index contributed by atoms with van der Waals surface area (Å²) >= 11 is 0. The molecule has 0 amide bonds. The lowest BCUT2D eigenvalue weighted by atomic mass is 9.97. The molecule has 0 aliphatic heterocycles. The van der Waals surface area contributed by atoms with E-state index in [-0.39, 0.29) is 6.61 Å². The summed E-state index contributed by atoms with van der Waals surface area (Å²) in [4.78, 5) is 12.1. The Morgan fingerprint density at radius 3 is 2.25 bits per heavy atom. The van der Waals surface area contributed by atoms with Crippen molar-refractivity contribution in [1.82, 2.24) is 0 Å². The maximum atomic E-state index is 12.1. The summed E-state index contributed by atoms with van der Waals surface area (Å²) in [7, 11) is 0. The Morgan fingerprint density at radius 2 is 1.80 bits per heavy atom. The first-order valence-electron chi connectivity index (χ1n) is 6.10. The van der Waals surface area contributed by atoms with E-state index < -0.39 is 22.7 Å². The van der Waals surface area contributed by atoms with Gasteiger partial charge in [-0.1, -0.05) is 30.3 Å². The molecule has 0 spiro atoms. The van der Waals surface area contributed by atoms with Crippen LogP contribution in [-0.4, -0.2) is 12.6 Å². The molecule has 5 nitrogen and oxygen atoms in total. The summed E-state index contributed by atoms with van der Waals surface area (Å²) in [6.45, 7) is 1.71. The first-order valence-corrected chi connectivity index (χ1v) is 6.10. The molecule has 5 heteroatoms. The Kier molecular flexibility index (Phi) is 3.18. The highest BCUT2D eigenvalue weighted by Crippen LogP contribution is 2.74. The van der Waals surface area contributed by atoms with Gasteiger partial charge in [-0.2, -0.15) is 15.8 Å². The number of hydrogen-bond acceptors (Lipinski definition) is 5. The van der Waals surface area contributed by atoms with Crippen LogP contribution in [0.4, 0.5) is 0 Å². The molecule has 20 heavy (non-hydrogen) atoms. The minimum atomic E-state index is -1.74. The average molecular weight is 265 g/mol. The van der Waals surface area contributed by atoms with E-state index in [2.05, 4.69) is 0 Å². The van der Waals surface area contributed by atoms with Gasteiger partial charge in [-0.25, -0.2) is 0 Å². The Balaban J connectivity index is 2.58. The van der Waals surface area contributed by atoms with Crippen LogP contribution in [0.15, 0.2) is 30.3 Å². The Hall–Kier alpha value is -2.84. The smallest absolute Gasteiger partial charge is 0.330 e. The molecule has 2 atom stereocenters. The van der Waals surface area contributed by atoms with Crippen molar-refractivity contribution in [3.63, 3.8) is 0 Å². The summed E-state index contributed by atoms with van der Waals surface area (Å²) in [6.07, 6.45) is 0. The molecule has 1 saturated carbocycles. The number of nitriles is 3. The molecule has 0 aromatic heterocycles. The number of benzene rings is 1. The first-order chi connectivity index (χ1) is 9.64. The molecule has 1 aliphatic rings. The highest BCUT2D eigenvalue weighted by molar-refractivity contribution is 5.91. The Labute approximate surface area is 116 Å². The molecule has 0 N–H and O–H groups in total. The van der Waals surface area contributed by atoms with Gasteiger partial charge in [-0.15, -0.1) is 0 Å². The van der Waals surface area contributed by atoms with Crippen molar-refractivity contribution < 1.29 is 9.53 Å². The minimum absolute atomic E-state index is 0.0940. The fourth-order valence-electron chi connectivity index (χ4n) is 2.67. The molecule has 1 aromatic rings. The molecule has 1 aliphatic carbocycles. The van der Waals surface area contributed by atoms with Crippen molar-refractivity contribution in [3.05, 3.63) is 35.9 Å². The molecule has 1 fully saturated rings. The fraction of sp³-hybridized carbons (Fsp3) is 0.333. The van der Waals surface area contributed by atoms with Crippen molar-refractivity contribution in [2.24, 2.45) is 10.8 Å². The highest BCUT2D eigenvalue weighted by atomic mass is 16.5. The van der Waals surface area contributed by atoms with Gasteiger partial charge in [0.15, 0.2) is 10.8 Å². The van der Waals surface area contributed by atoms with Crippen LogP contribution in [-0.2, 0) is 9.53 Å². The molecule has 98 valence electrons. The van der Waals surface area contributed by atoms with E-state index in [0.29, 0.717) is 5.56 Å². The zero-order valence-corrected chi connectivity index (χ0v) is 10.8. The SMILES string of the molecule is CCOC(=O)[C@@]1(C#N)[C@@H](c2ccccc2)C1(C#N)C#N. The third-order valence-corrected chi connectivity index (χ3v) is 3.66. The molecule has 0 bridgehead atoms. The minimum Gasteiger partial charge on any atom is -0.465 e. The lowest BCUT2D eigenvalue weighted by molar-refractivity contribution is -0.148. The predicted molar refractivity (Wildman–Crippen MR) is 67.5 cm³/mol. The van der Waals surface area contributed by atoms with Crippen molar-refractivity contribution >= 4 is 5.97 Å². The summed E-state index contributed by atoms with van der Waals surface area (Å²) in [6, 6.07) is 14.2. The third kappa shape index (κ3) is 1.43. The predicted octanol–water partition coefficient (Wildman–Crippen LogP) is 1.89. The van der Waals surface area contributed by atoms with Crippen LogP contribution in [0.25, 0.3) is 0 Å². The lowest BCUT2D eigenvalue weighted by Gasteiger charge is -2.07. The number of rotatable bonds is 3. The van der Waals surface area contributed by atoms with Gasteiger partial charge in [0.25, 0.3) is 0 Å². The molecular weight excluding hydrogens is 254 g/mol. The van der Waals surface area contributed by atoms with E-state index in [4.69, 9.17) is 4.74 Å². The molecule has 0 unspecified atom stereocenters. The molecule has 1 aromatic carbocycles. The van der Waals surface area contributed by atoms with Gasteiger partial charge >= 0.3 is 5.97 Å². The maximum Gasteiger partial charge on any atom is 0.330 e. The van der Waals surface area contributed by atoms with E-state index in [0.717, 1.165) is 0 Å². The third-order valence-electron chi connectivity index (χ3n) is 3.66. The zero-order valence-electron chi connectivity index (χ0n) is 10.8. The number of carbonyl (C=O) groups excluding carboxylic acids is 1. The van der Waals surface area contributed by atoms with Gasteiger partial charge in [-0.05, 0) is 12.5 Å². The van der Waals surface area contributed by atoms with Gasteiger partial charge in [0.1, 0.15) is 0 Å². The largest absolute Gasteiger partial charge is 0.465 e. The van der Waals surface area contributed by atoms with Crippen LogP contribution in [0, 0.1) is 44.8 Å². The normalized spacial score (nSPS) is 25.6. The van der Waals surface area contributed by atoms with Crippen LogP contribution in [0.3, 0.4) is 0 Å². The van der Waals surface area contributed by atoms with Crippen LogP contribution in [0.2, 0.25) is 0 Å². The summed E-state index contributed by atoms with van der Waals surface area (Å²) in [5.74, 6) is -1.59. The van der Waals surface area contributed by atoms with Crippen LogP contribution in [0.1, 0.15) is 18.4 Å². The molecule has 2 rings (SSSR count). The number of ether oxygens (including phenoxy) is 1. The van der Waals surface area contributed by atoms with Crippen molar-refractivity contribution in [1.29, 1.82) is 15.8 Å². The molecule has 0 heterocycles. The number of hydrogen-bond donors (Lipinski definition) is 0. The Bertz CT molecular complexity index is 649. The second kappa shape index (κ2) is 4.68. The maximum absolute atomic E-state index is 12.1. The van der Waals surface area contributed by atoms with Crippen LogP contribution < -0.4 is 0 Å². The van der Waals surface area contributed by atoms with Gasteiger partial charge in [0.2, 0.25) is 0 Å². The van der Waals surface area contributed by atoms with Crippen LogP contribution >= 0.6 is 0 Å². The molecule has 0 radical (unpaired) electrons. The van der Waals surface area contributed by atoms with Gasteiger partial charge < -0.3 is 4.74 Å². The van der Waals surface area contributed by atoms with E-state index >= 15 is 0 Å². The monoisotopic (exact) mass is 265 g/mol. The number of esters is 1. The number of nitrogens with zero attached hydrogens (tertiary/aromatic N) is 3. The summed E-state index contributed by atoms with van der Waals surface area (Å²) < 4.78 is 4.91. The van der Waals surface area contributed by atoms with Crippen molar-refractivity contribution in [2.75, 3.05) is 6.61 Å². The van der Waals surface area contributed by atoms with Gasteiger partial charge in [0.05, 0.1) is 30.7 Å². The highest BCUT2D eigenvalue weighted by Gasteiger charge is 2.85. The summed E-state index contributed by atoms with van der Waals surface area (Å²) in [5, 5.41) is 28.1. The van der Waals surface area contributed by atoms with Crippen molar-refractivity contribution in [3.8, 4) is 18.2 Å². The van der Waals surface area contributed by atoms with E-state index in [1.54, 1.807) is 37.3 Å². The first kappa shape index (κ1) is 13.6. The van der Waals surface area contributed by atoms with Gasteiger partial charge in [0, 0.05) is 0 Å². The molecular formula is C15H11N3O2. The van der Waals surface area contributed by atoms with E-state index in [1.807, 2.05) is 18.2 Å². The topological polar surface area (TPSA) is 97.7 Å². The average Bonchev–Trinajstić information content (AvgIpc) is 3.12. The fourth-order valence-corrected chi connectivity index (χ4v) is 2.67. The summed E-state index contributed by atoms with van der Waals surface area (Å²) in [5.41, 5.74) is -2.81. The quantitative estimate of drug-likeness (QED) is 0.777. The van der Waals surface area contributed by atoms with Crippen molar-refractivity contribution in [2.45, 2.75) is 12.8 Å². The van der Waals surface area contributed by atoms with E-state index in [1.165, 1.54) is 0 Å².